The first-order chi connectivity index (χ1) is 17.3. The molecule has 4 heterocycles. The topological polar surface area (TPSA) is 89.5 Å². The van der Waals surface area contributed by atoms with Crippen LogP contribution in [0.25, 0.3) is 10.9 Å². The number of rotatable bonds is 2. The number of carbonyl (C=O) groups is 1. The van der Waals surface area contributed by atoms with E-state index in [9.17, 15) is 10.1 Å². The van der Waals surface area contributed by atoms with E-state index < -0.39 is 0 Å². The molecule has 1 amide bonds. The first-order valence-corrected chi connectivity index (χ1v) is 12.9. The Bertz CT molecular complexity index is 1380. The molecule has 7 nitrogen and oxygen atoms in total. The Labute approximate surface area is 212 Å². The zero-order chi connectivity index (χ0) is 25.0. The first-order valence-electron chi connectivity index (χ1n) is 12.9. The summed E-state index contributed by atoms with van der Waals surface area (Å²) < 4.78 is 0. The molecule has 0 bridgehead atoms. The van der Waals surface area contributed by atoms with Gasteiger partial charge in [-0.3, -0.25) is 9.78 Å². The lowest BCUT2D eigenvalue weighted by Crippen LogP contribution is -2.50. The molecule has 4 aliphatic rings. The highest BCUT2D eigenvalue weighted by Gasteiger charge is 2.37. The van der Waals surface area contributed by atoms with Crippen molar-refractivity contribution in [2.24, 2.45) is 5.73 Å². The number of allylic oxidation sites excluding steroid dienone is 1. The number of benzene rings is 1. The molecule has 0 spiro atoms. The number of hydrogen-bond acceptors (Lipinski definition) is 6. The maximum absolute atomic E-state index is 13.3. The average Bonchev–Trinajstić information content (AvgIpc) is 3.26. The quantitative estimate of drug-likeness (QED) is 0.708. The molecule has 36 heavy (non-hydrogen) atoms. The molecule has 2 aromatic rings. The van der Waals surface area contributed by atoms with E-state index >= 15 is 0 Å². The Balaban J connectivity index is 1.27. The molecule has 0 saturated carbocycles. The van der Waals surface area contributed by atoms with Crippen LogP contribution in [0.3, 0.4) is 0 Å². The Kier molecular flexibility index (Phi) is 5.38. The number of nitriles is 1. The lowest BCUT2D eigenvalue weighted by molar-refractivity contribution is -0.128. The molecule has 7 heteroatoms. The number of amides is 1. The van der Waals surface area contributed by atoms with Crippen LogP contribution in [0.4, 0.5) is 5.69 Å². The van der Waals surface area contributed by atoms with Crippen LogP contribution in [0, 0.1) is 11.3 Å². The predicted molar refractivity (Wildman–Crippen MR) is 141 cm³/mol. The fourth-order valence-electron chi connectivity index (χ4n) is 6.10. The molecular formula is C29H32N6O. The van der Waals surface area contributed by atoms with Crippen molar-refractivity contribution in [1.82, 2.24) is 14.8 Å². The number of carbonyl (C=O) groups excluding carboxylic acids is 1. The molecule has 2 fully saturated rings. The number of pyridine rings is 1. The Morgan fingerprint density at radius 1 is 1.22 bits per heavy atom. The fraction of sp³-hybridized carbons (Fsp3) is 0.414. The zero-order valence-electron chi connectivity index (χ0n) is 21.0. The van der Waals surface area contributed by atoms with Gasteiger partial charge in [0.1, 0.15) is 6.07 Å². The lowest BCUT2D eigenvalue weighted by atomic mass is 9.89. The highest BCUT2D eigenvalue weighted by atomic mass is 16.2. The summed E-state index contributed by atoms with van der Waals surface area (Å²) in [6.45, 7) is 8.37. The van der Waals surface area contributed by atoms with Crippen LogP contribution in [0.5, 0.6) is 0 Å². The number of piperidine rings is 1. The van der Waals surface area contributed by atoms with Crippen molar-refractivity contribution in [3.05, 3.63) is 70.6 Å². The fourth-order valence-corrected chi connectivity index (χ4v) is 6.10. The number of anilines is 1. The zero-order valence-corrected chi connectivity index (χ0v) is 21.0. The Morgan fingerprint density at radius 2 is 2.03 bits per heavy atom. The number of piperazine rings is 1. The summed E-state index contributed by atoms with van der Waals surface area (Å²) in [6.07, 6.45) is 8.46. The molecule has 184 valence electrons. The minimum absolute atomic E-state index is 0.137. The third-order valence-electron chi connectivity index (χ3n) is 8.28. The summed E-state index contributed by atoms with van der Waals surface area (Å²) in [4.78, 5) is 24.6. The van der Waals surface area contributed by atoms with Gasteiger partial charge in [0.05, 0.1) is 17.6 Å². The number of likely N-dealkylation sites (tertiary alicyclic amines) is 1. The number of hydrogen-bond donors (Lipinski definition) is 1. The van der Waals surface area contributed by atoms with Gasteiger partial charge >= 0.3 is 0 Å². The molecular weight excluding hydrogens is 448 g/mol. The highest BCUT2D eigenvalue weighted by molar-refractivity contribution is 5.97. The van der Waals surface area contributed by atoms with Gasteiger partial charge in [-0.1, -0.05) is 6.08 Å². The van der Waals surface area contributed by atoms with Crippen molar-refractivity contribution in [1.29, 1.82) is 5.26 Å². The van der Waals surface area contributed by atoms with Gasteiger partial charge in [0.25, 0.3) is 5.91 Å². The van der Waals surface area contributed by atoms with E-state index in [2.05, 4.69) is 59.0 Å². The molecule has 2 N–H and O–H groups in total. The van der Waals surface area contributed by atoms with Gasteiger partial charge in [0.2, 0.25) is 0 Å². The second-order valence-electron chi connectivity index (χ2n) is 10.9. The third-order valence-corrected chi connectivity index (χ3v) is 8.28. The maximum atomic E-state index is 13.3. The monoisotopic (exact) mass is 480 g/mol. The largest absolute Gasteiger partial charge is 0.364 e. The van der Waals surface area contributed by atoms with Gasteiger partial charge in [0, 0.05) is 66.3 Å². The smallest absolute Gasteiger partial charge is 0.253 e. The summed E-state index contributed by atoms with van der Waals surface area (Å²) in [5.41, 5.74) is 13.4. The maximum Gasteiger partial charge on any atom is 0.253 e. The van der Waals surface area contributed by atoms with E-state index in [0.717, 1.165) is 74.1 Å². The molecule has 0 unspecified atom stereocenters. The number of aromatic nitrogens is 1. The summed E-state index contributed by atoms with van der Waals surface area (Å²) >= 11 is 0. The predicted octanol–water partition coefficient (Wildman–Crippen LogP) is 3.48. The van der Waals surface area contributed by atoms with Gasteiger partial charge in [-0.15, -0.1) is 0 Å². The minimum Gasteiger partial charge on any atom is -0.364 e. The van der Waals surface area contributed by atoms with E-state index in [-0.39, 0.29) is 11.4 Å². The third kappa shape index (κ3) is 3.77. The van der Waals surface area contributed by atoms with Crippen molar-refractivity contribution >= 4 is 22.5 Å². The Hall–Kier alpha value is -3.63. The summed E-state index contributed by atoms with van der Waals surface area (Å²) in [6, 6.07) is 10.5. The summed E-state index contributed by atoms with van der Waals surface area (Å²) in [5, 5.41) is 10.6. The average molecular weight is 481 g/mol. The van der Waals surface area contributed by atoms with Crippen LogP contribution >= 0.6 is 0 Å². The van der Waals surface area contributed by atoms with E-state index in [1.165, 1.54) is 16.8 Å². The first kappa shape index (κ1) is 22.8. The van der Waals surface area contributed by atoms with E-state index in [1.807, 2.05) is 17.0 Å². The van der Waals surface area contributed by atoms with Crippen LogP contribution in [0.1, 0.15) is 38.7 Å². The van der Waals surface area contributed by atoms with Gasteiger partial charge in [0.15, 0.2) is 0 Å². The van der Waals surface area contributed by atoms with Gasteiger partial charge < -0.3 is 20.4 Å². The van der Waals surface area contributed by atoms with Crippen LogP contribution < -0.4 is 10.6 Å². The van der Waals surface area contributed by atoms with Crippen LogP contribution in [-0.4, -0.2) is 65.0 Å². The molecule has 1 aliphatic carbocycles. The molecule has 2 saturated heterocycles. The van der Waals surface area contributed by atoms with E-state index in [4.69, 9.17) is 5.73 Å². The highest BCUT2D eigenvalue weighted by Crippen LogP contribution is 2.40. The summed E-state index contributed by atoms with van der Waals surface area (Å²) in [5.74, 6) is 0.137. The molecule has 6 rings (SSSR count). The standard InChI is InChI=1S/C29H32N6O/c1-19-16-34(25-8-6-21(15-30)27-24(25)4-3-11-32-27)18-26-23-7-5-20(14-22(23)17-35(19)26)28(36)33-12-9-29(2,31)10-13-33/h3-6,8,11,14,19H,7,9-10,12-13,16-18,31H2,1-2H3/t19-/m1/s1. The Morgan fingerprint density at radius 3 is 2.81 bits per heavy atom. The number of nitrogens with two attached hydrogens (primary N) is 1. The second-order valence-corrected chi connectivity index (χ2v) is 10.9. The van der Waals surface area contributed by atoms with Crippen molar-refractivity contribution in [3.63, 3.8) is 0 Å². The summed E-state index contributed by atoms with van der Waals surface area (Å²) in [7, 11) is 0. The molecule has 1 aromatic carbocycles. The van der Waals surface area contributed by atoms with Crippen LogP contribution in [0.2, 0.25) is 0 Å². The van der Waals surface area contributed by atoms with Gasteiger partial charge in [-0.05, 0) is 74.6 Å². The second kappa shape index (κ2) is 8.49. The molecule has 0 radical (unpaired) electrons. The lowest BCUT2D eigenvalue weighted by Gasteiger charge is -2.42. The van der Waals surface area contributed by atoms with Crippen LogP contribution in [0.15, 0.2) is 65.0 Å². The number of nitrogens with zero attached hydrogens (tertiary/aromatic N) is 5. The van der Waals surface area contributed by atoms with Crippen molar-refractivity contribution < 1.29 is 4.79 Å². The van der Waals surface area contributed by atoms with E-state index in [1.54, 1.807) is 6.20 Å². The van der Waals surface area contributed by atoms with E-state index in [0.29, 0.717) is 11.6 Å². The van der Waals surface area contributed by atoms with Crippen molar-refractivity contribution in [2.75, 3.05) is 37.6 Å². The van der Waals surface area contributed by atoms with Crippen molar-refractivity contribution in [2.45, 2.75) is 44.7 Å². The van der Waals surface area contributed by atoms with Crippen molar-refractivity contribution in [3.8, 4) is 6.07 Å². The molecule has 3 aliphatic heterocycles. The van der Waals surface area contributed by atoms with Crippen LogP contribution in [-0.2, 0) is 4.79 Å². The molecule has 1 atom stereocenters. The normalized spacial score (nSPS) is 23.2. The van der Waals surface area contributed by atoms with Gasteiger partial charge in [-0.25, -0.2) is 0 Å². The molecule has 1 aromatic heterocycles. The number of fused-ring (bicyclic) bond motifs is 3. The van der Waals surface area contributed by atoms with Gasteiger partial charge in [-0.2, -0.15) is 5.26 Å². The minimum atomic E-state index is -0.166. The SMILES string of the molecule is C[C@@H]1CN(c2ccc(C#N)c3ncccc23)CC2=C3CC=C(C(=O)N4CCC(C)(N)CC4)C=C3CN21.